The maximum atomic E-state index is 13.1. The van der Waals surface area contributed by atoms with E-state index in [4.69, 9.17) is 4.74 Å². The second kappa shape index (κ2) is 7.28. The zero-order valence-electron chi connectivity index (χ0n) is 15.0. The van der Waals surface area contributed by atoms with Crippen LogP contribution in [0.2, 0.25) is 0 Å². The van der Waals surface area contributed by atoms with Crippen LogP contribution in [-0.4, -0.2) is 57.4 Å². The normalized spacial score (nSPS) is 17.7. The number of alkyl halides is 3. The van der Waals surface area contributed by atoms with Crippen LogP contribution >= 0.6 is 0 Å². The number of ether oxygens (including phenoxy) is 1. The number of rotatable bonds is 4. The molecule has 1 aromatic heterocycles. The van der Waals surface area contributed by atoms with Gasteiger partial charge in [-0.2, -0.15) is 18.3 Å². The first-order valence-electron chi connectivity index (χ1n) is 8.36. The summed E-state index contributed by atoms with van der Waals surface area (Å²) in [6.07, 6.45) is -1.91. The van der Waals surface area contributed by atoms with Crippen LogP contribution < -0.4 is 5.32 Å². The van der Waals surface area contributed by atoms with Crippen LogP contribution in [0, 0.1) is 0 Å². The third kappa shape index (κ3) is 4.45. The standard InChI is InChI=1S/C17H20F3N5O2/c1-16(2)9-27-6-5-24(16)8-15(26)23-13-7-12(17(18,19)20)3-4-14(13)25-11-21-10-22-25/h3-4,7,10-11H,5-6,8-9H2,1-2H3,(H,23,26). The van der Waals surface area contributed by atoms with E-state index in [1.807, 2.05) is 18.7 Å². The molecule has 0 radical (unpaired) electrons. The van der Waals surface area contributed by atoms with E-state index < -0.39 is 17.6 Å². The van der Waals surface area contributed by atoms with E-state index in [2.05, 4.69) is 15.4 Å². The number of hydrogen-bond acceptors (Lipinski definition) is 5. The summed E-state index contributed by atoms with van der Waals surface area (Å²) >= 11 is 0. The lowest BCUT2D eigenvalue weighted by atomic mass is 10.0. The molecule has 3 rings (SSSR count). The van der Waals surface area contributed by atoms with Gasteiger partial charge in [0, 0.05) is 12.1 Å². The van der Waals surface area contributed by atoms with Crippen LogP contribution in [0.15, 0.2) is 30.9 Å². The molecule has 0 atom stereocenters. The Hall–Kier alpha value is -2.46. The largest absolute Gasteiger partial charge is 0.416 e. The summed E-state index contributed by atoms with van der Waals surface area (Å²) in [5.41, 5.74) is -0.868. The zero-order valence-corrected chi connectivity index (χ0v) is 15.0. The number of nitrogens with one attached hydrogen (secondary N) is 1. The molecule has 146 valence electrons. The van der Waals surface area contributed by atoms with Gasteiger partial charge in [-0.1, -0.05) is 0 Å². The summed E-state index contributed by atoms with van der Waals surface area (Å²) in [6.45, 7) is 5.50. The maximum absolute atomic E-state index is 13.1. The molecule has 1 aliphatic heterocycles. The van der Waals surface area contributed by atoms with Crippen molar-refractivity contribution in [3.63, 3.8) is 0 Å². The molecule has 27 heavy (non-hydrogen) atoms. The highest BCUT2D eigenvalue weighted by atomic mass is 19.4. The first kappa shape index (κ1) is 19.3. The number of benzene rings is 1. The highest BCUT2D eigenvalue weighted by Crippen LogP contribution is 2.33. The summed E-state index contributed by atoms with van der Waals surface area (Å²) < 4.78 is 46.0. The fourth-order valence-corrected chi connectivity index (χ4v) is 2.89. The predicted octanol–water partition coefficient (Wildman–Crippen LogP) is 2.34. The Morgan fingerprint density at radius 3 is 2.78 bits per heavy atom. The Bertz CT molecular complexity index is 805. The zero-order chi connectivity index (χ0) is 19.7. The number of anilines is 1. The molecule has 2 heterocycles. The third-order valence-corrected chi connectivity index (χ3v) is 4.41. The number of carbonyl (C=O) groups is 1. The van der Waals surface area contributed by atoms with E-state index in [-0.39, 0.29) is 17.8 Å². The van der Waals surface area contributed by atoms with Gasteiger partial charge in [-0.05, 0) is 32.0 Å². The topological polar surface area (TPSA) is 72.3 Å². The first-order chi connectivity index (χ1) is 12.7. The van der Waals surface area contributed by atoms with Gasteiger partial charge in [0.1, 0.15) is 12.7 Å². The Morgan fingerprint density at radius 1 is 1.37 bits per heavy atom. The van der Waals surface area contributed by atoms with E-state index in [1.54, 1.807) is 0 Å². The van der Waals surface area contributed by atoms with Crippen LogP contribution in [0.25, 0.3) is 5.69 Å². The molecule has 0 aliphatic carbocycles. The third-order valence-electron chi connectivity index (χ3n) is 4.41. The highest BCUT2D eigenvalue weighted by molar-refractivity contribution is 5.94. The van der Waals surface area contributed by atoms with E-state index in [9.17, 15) is 18.0 Å². The lowest BCUT2D eigenvalue weighted by Gasteiger charge is -2.41. The van der Waals surface area contributed by atoms with Gasteiger partial charge in [0.15, 0.2) is 0 Å². The van der Waals surface area contributed by atoms with Crippen LogP contribution in [0.4, 0.5) is 18.9 Å². The summed E-state index contributed by atoms with van der Waals surface area (Å²) in [5, 5.41) is 6.52. The van der Waals surface area contributed by atoms with Crippen LogP contribution in [0.1, 0.15) is 19.4 Å². The smallest absolute Gasteiger partial charge is 0.378 e. The number of hydrogen-bond donors (Lipinski definition) is 1. The molecule has 2 aromatic rings. The number of carbonyl (C=O) groups excluding carboxylic acids is 1. The molecule has 0 bridgehead atoms. The van der Waals surface area contributed by atoms with Crippen LogP contribution in [0.5, 0.6) is 0 Å². The minimum absolute atomic E-state index is 0.0198. The van der Waals surface area contributed by atoms with Crippen molar-refractivity contribution in [1.29, 1.82) is 0 Å². The van der Waals surface area contributed by atoms with Crippen LogP contribution in [-0.2, 0) is 15.7 Å². The molecular formula is C17H20F3N5O2. The molecule has 1 aromatic carbocycles. The molecule has 1 amide bonds. The minimum atomic E-state index is -4.52. The Morgan fingerprint density at radius 2 is 2.15 bits per heavy atom. The van der Waals surface area contributed by atoms with Crippen LogP contribution in [0.3, 0.4) is 0 Å². The molecule has 1 fully saturated rings. The number of halogens is 3. The van der Waals surface area contributed by atoms with Gasteiger partial charge in [0.2, 0.25) is 5.91 Å². The number of aromatic nitrogens is 3. The van der Waals surface area contributed by atoms with Gasteiger partial charge < -0.3 is 10.1 Å². The van der Waals surface area contributed by atoms with Gasteiger partial charge in [-0.3, -0.25) is 9.69 Å². The van der Waals surface area contributed by atoms with E-state index >= 15 is 0 Å². The molecule has 1 aliphatic rings. The predicted molar refractivity (Wildman–Crippen MR) is 91.5 cm³/mol. The van der Waals surface area contributed by atoms with Crippen molar-refractivity contribution >= 4 is 11.6 Å². The number of nitrogens with zero attached hydrogens (tertiary/aromatic N) is 4. The molecule has 0 spiro atoms. The quantitative estimate of drug-likeness (QED) is 0.878. The summed E-state index contributed by atoms with van der Waals surface area (Å²) in [4.78, 5) is 18.3. The Balaban J connectivity index is 1.84. The second-order valence-corrected chi connectivity index (χ2v) is 6.90. The van der Waals surface area contributed by atoms with E-state index in [1.165, 1.54) is 23.4 Å². The minimum Gasteiger partial charge on any atom is -0.378 e. The highest BCUT2D eigenvalue weighted by Gasteiger charge is 2.33. The van der Waals surface area contributed by atoms with Gasteiger partial charge in [0.05, 0.1) is 36.7 Å². The van der Waals surface area contributed by atoms with E-state index in [0.717, 1.165) is 12.1 Å². The number of amides is 1. The fourth-order valence-electron chi connectivity index (χ4n) is 2.89. The molecular weight excluding hydrogens is 363 g/mol. The van der Waals surface area contributed by atoms with Gasteiger partial charge in [-0.15, -0.1) is 0 Å². The molecule has 0 saturated carbocycles. The van der Waals surface area contributed by atoms with Crippen molar-refractivity contribution in [3.8, 4) is 5.69 Å². The van der Waals surface area contributed by atoms with Crippen molar-refractivity contribution in [2.24, 2.45) is 0 Å². The monoisotopic (exact) mass is 383 g/mol. The van der Waals surface area contributed by atoms with Gasteiger partial charge in [0.25, 0.3) is 0 Å². The van der Waals surface area contributed by atoms with E-state index in [0.29, 0.717) is 25.4 Å². The summed E-state index contributed by atoms with van der Waals surface area (Å²) in [6, 6.07) is 3.10. The van der Waals surface area contributed by atoms with Crippen molar-refractivity contribution in [1.82, 2.24) is 19.7 Å². The van der Waals surface area contributed by atoms with Crippen molar-refractivity contribution < 1.29 is 22.7 Å². The molecule has 10 heteroatoms. The average Bonchev–Trinajstić information content (AvgIpc) is 3.10. The van der Waals surface area contributed by atoms with Crippen molar-refractivity contribution in [2.45, 2.75) is 25.6 Å². The molecule has 7 nitrogen and oxygen atoms in total. The summed E-state index contributed by atoms with van der Waals surface area (Å²) in [7, 11) is 0. The fraction of sp³-hybridized carbons (Fsp3) is 0.471. The SMILES string of the molecule is CC1(C)COCCN1CC(=O)Nc1cc(C(F)(F)F)ccc1-n1cncn1. The average molecular weight is 383 g/mol. The molecule has 1 N–H and O–H groups in total. The Labute approximate surface area is 154 Å². The number of morpholine rings is 1. The van der Waals surface area contributed by atoms with Gasteiger partial charge >= 0.3 is 6.18 Å². The summed E-state index contributed by atoms with van der Waals surface area (Å²) in [5.74, 6) is -0.411. The first-order valence-corrected chi connectivity index (χ1v) is 8.36. The maximum Gasteiger partial charge on any atom is 0.416 e. The lowest BCUT2D eigenvalue weighted by Crippen LogP contribution is -2.55. The Kier molecular flexibility index (Phi) is 5.20. The van der Waals surface area contributed by atoms with Crippen molar-refractivity contribution in [2.75, 3.05) is 31.6 Å². The molecule has 1 saturated heterocycles. The van der Waals surface area contributed by atoms with Gasteiger partial charge in [-0.25, -0.2) is 9.67 Å². The second-order valence-electron chi connectivity index (χ2n) is 6.90. The molecule has 0 unspecified atom stereocenters. The lowest BCUT2D eigenvalue weighted by molar-refractivity contribution is -0.137. The van der Waals surface area contributed by atoms with Crippen molar-refractivity contribution in [3.05, 3.63) is 36.4 Å².